The number of unbranched alkanes of at least 4 members (excludes halogenated alkanes) is 3. The molecule has 1 aliphatic rings. The number of aliphatic hydroxyl groups excluding tert-OH is 1. The Bertz CT molecular complexity index is 1170. The van der Waals surface area contributed by atoms with Crippen LogP contribution in [0.25, 0.3) is 0 Å². The number of nitrogens with zero attached hydrogens (tertiary/aromatic N) is 1. The summed E-state index contributed by atoms with van der Waals surface area (Å²) in [5.74, 6) is -6.31. The van der Waals surface area contributed by atoms with Crippen molar-refractivity contribution < 1.29 is 51.8 Å². The lowest BCUT2D eigenvalue weighted by Gasteiger charge is -2.33. The Labute approximate surface area is 311 Å². The summed E-state index contributed by atoms with van der Waals surface area (Å²) in [6.07, 6.45) is -1.53. The number of hydrogen-bond acceptors (Lipinski definition) is 10. The van der Waals surface area contributed by atoms with E-state index in [0.717, 1.165) is 49.8 Å². The van der Waals surface area contributed by atoms with Gasteiger partial charge in [0.1, 0.15) is 31.0 Å². The van der Waals surface area contributed by atoms with E-state index in [4.69, 9.17) is 10.5 Å². The van der Waals surface area contributed by atoms with Gasteiger partial charge in [0.25, 0.3) is 0 Å². The van der Waals surface area contributed by atoms with E-state index in [2.05, 4.69) is 21.3 Å². The van der Waals surface area contributed by atoms with Gasteiger partial charge in [-0.25, -0.2) is 0 Å². The van der Waals surface area contributed by atoms with Gasteiger partial charge in [0.05, 0.1) is 30.5 Å². The van der Waals surface area contributed by atoms with Crippen molar-refractivity contribution in [3.63, 3.8) is 0 Å². The molecule has 0 bridgehead atoms. The summed E-state index contributed by atoms with van der Waals surface area (Å²) < 4.78 is 47.0. The highest BCUT2D eigenvalue weighted by atomic mass is 19.4. The number of nitrogens with two attached hydrogens (primary N) is 1. The molecule has 0 aromatic carbocycles. The van der Waals surface area contributed by atoms with Gasteiger partial charge >= 0.3 is 12.1 Å². The first kappa shape index (κ1) is 47.7. The van der Waals surface area contributed by atoms with Crippen molar-refractivity contribution in [1.82, 2.24) is 26.2 Å². The van der Waals surface area contributed by atoms with Gasteiger partial charge in [0.2, 0.25) is 23.6 Å². The fraction of sp³-hybridized carbons (Fsp3) is 0.833. The van der Waals surface area contributed by atoms with Crippen molar-refractivity contribution in [2.75, 3.05) is 27.2 Å². The maximum absolute atomic E-state index is 13.9. The molecule has 1 fully saturated rings. The molecule has 0 aliphatic heterocycles. The molecule has 0 aromatic rings. The number of amides is 4. The Balaban J connectivity index is 3.09. The van der Waals surface area contributed by atoms with E-state index in [0.29, 0.717) is 19.1 Å². The molecule has 0 radical (unpaired) electrons. The first-order valence-electron chi connectivity index (χ1n) is 18.8. The fourth-order valence-electron chi connectivity index (χ4n) is 6.63. The van der Waals surface area contributed by atoms with Crippen LogP contribution in [-0.4, -0.2) is 116 Å². The number of rotatable bonds is 24. The SMILES string of the molecule is CCCCCC[C@@H](OC(=O)CNC(=O)C(NC(=O)C(CN)NC(=O)C(NC)C1CCCCC1)C(C)O)C(CC(F)(F)F)C(=O)N(C)C(C=O)CC(C)C. The van der Waals surface area contributed by atoms with Gasteiger partial charge in [-0.15, -0.1) is 0 Å². The van der Waals surface area contributed by atoms with Gasteiger partial charge in [-0.3, -0.25) is 24.0 Å². The Hall–Kier alpha value is -3.31. The molecule has 1 aliphatic carbocycles. The van der Waals surface area contributed by atoms with Crippen molar-refractivity contribution in [3.05, 3.63) is 0 Å². The number of esters is 1. The van der Waals surface area contributed by atoms with E-state index in [-0.39, 0.29) is 31.2 Å². The van der Waals surface area contributed by atoms with Crippen molar-refractivity contribution >= 4 is 35.9 Å². The maximum Gasteiger partial charge on any atom is 0.390 e. The topological polar surface area (TPSA) is 209 Å². The van der Waals surface area contributed by atoms with E-state index < -0.39 is 91.0 Å². The molecule has 0 saturated heterocycles. The smallest absolute Gasteiger partial charge is 0.390 e. The summed E-state index contributed by atoms with van der Waals surface area (Å²) in [4.78, 5) is 78.6. The van der Waals surface area contributed by atoms with E-state index in [1.807, 2.05) is 6.92 Å². The summed E-state index contributed by atoms with van der Waals surface area (Å²) in [7, 11) is 2.89. The van der Waals surface area contributed by atoms with Crippen LogP contribution in [0.3, 0.4) is 0 Å². The predicted octanol–water partition coefficient (Wildman–Crippen LogP) is 2.10. The minimum absolute atomic E-state index is 0.0417. The minimum atomic E-state index is -4.81. The normalized spacial score (nSPS) is 17.7. The summed E-state index contributed by atoms with van der Waals surface area (Å²) >= 11 is 0. The van der Waals surface area contributed by atoms with Crippen LogP contribution in [0, 0.1) is 17.8 Å². The second-order valence-electron chi connectivity index (χ2n) is 14.5. The standard InChI is InChI=1S/C36H63F3N6O8/c1-7-8-9-13-16-28(26(18-36(37,38)39)35(52)45(6)25(21-46)17-22(2)3)53-29(48)20-42-33(50)30(23(4)47)44-32(49)27(19-40)43-34(51)31(41-5)24-14-11-10-12-15-24/h21-28,30-31,41,47H,7-20,40H2,1-6H3,(H,42,50)(H,43,51)(H,44,49)/t23?,25?,26?,27?,28-,30?,31?/m1/s1. The lowest BCUT2D eigenvalue weighted by atomic mass is 9.83. The first-order chi connectivity index (χ1) is 24.9. The Morgan fingerprint density at radius 3 is 2.13 bits per heavy atom. The molecule has 0 spiro atoms. The third-order valence-electron chi connectivity index (χ3n) is 9.61. The lowest BCUT2D eigenvalue weighted by molar-refractivity contribution is -0.177. The zero-order chi connectivity index (χ0) is 40.3. The molecule has 1 saturated carbocycles. The van der Waals surface area contributed by atoms with Crippen LogP contribution in [0.4, 0.5) is 13.2 Å². The minimum Gasteiger partial charge on any atom is -0.460 e. The summed E-state index contributed by atoms with van der Waals surface area (Å²) in [6, 6.07) is -4.42. The van der Waals surface area contributed by atoms with E-state index in [9.17, 15) is 47.0 Å². The molecular weight excluding hydrogens is 701 g/mol. The number of alkyl halides is 3. The molecule has 0 heterocycles. The second-order valence-corrected chi connectivity index (χ2v) is 14.5. The molecule has 1 rings (SSSR count). The molecule has 6 unspecified atom stereocenters. The van der Waals surface area contributed by atoms with Crippen LogP contribution in [0.5, 0.6) is 0 Å². The van der Waals surface area contributed by atoms with Crippen LogP contribution in [0.2, 0.25) is 0 Å². The van der Waals surface area contributed by atoms with Gasteiger partial charge in [-0.1, -0.05) is 59.3 Å². The molecule has 7 N–H and O–H groups in total. The van der Waals surface area contributed by atoms with E-state index in [1.165, 1.54) is 14.0 Å². The van der Waals surface area contributed by atoms with Crippen LogP contribution in [-0.2, 0) is 33.5 Å². The molecule has 0 aromatic heterocycles. The number of aldehydes is 1. The maximum atomic E-state index is 13.9. The van der Waals surface area contributed by atoms with Crippen LogP contribution in [0.15, 0.2) is 0 Å². The quantitative estimate of drug-likeness (QED) is 0.0479. The van der Waals surface area contributed by atoms with Crippen LogP contribution in [0.1, 0.15) is 105 Å². The number of likely N-dealkylation sites (N-methyl/N-ethyl adjacent to an activating group) is 2. The first-order valence-corrected chi connectivity index (χ1v) is 18.8. The Morgan fingerprint density at radius 2 is 1.62 bits per heavy atom. The van der Waals surface area contributed by atoms with E-state index in [1.54, 1.807) is 20.9 Å². The van der Waals surface area contributed by atoms with Crippen molar-refractivity contribution in [2.24, 2.45) is 23.5 Å². The number of carbonyl (C=O) groups excluding carboxylic acids is 6. The molecule has 306 valence electrons. The summed E-state index contributed by atoms with van der Waals surface area (Å²) in [5.41, 5.74) is 5.78. The molecular formula is C36H63F3N6O8. The number of carbonyl (C=O) groups is 6. The largest absolute Gasteiger partial charge is 0.460 e. The van der Waals surface area contributed by atoms with Gasteiger partial charge in [0.15, 0.2) is 0 Å². The third-order valence-corrected chi connectivity index (χ3v) is 9.61. The van der Waals surface area contributed by atoms with Crippen molar-refractivity contribution in [3.8, 4) is 0 Å². The average Bonchev–Trinajstić information content (AvgIpc) is 3.10. The molecule has 17 heteroatoms. The highest BCUT2D eigenvalue weighted by Gasteiger charge is 2.43. The van der Waals surface area contributed by atoms with Crippen molar-refractivity contribution in [1.29, 1.82) is 0 Å². The van der Waals surface area contributed by atoms with E-state index >= 15 is 0 Å². The Kier molecular flexibility index (Phi) is 21.8. The third kappa shape index (κ3) is 17.1. The average molecular weight is 765 g/mol. The zero-order valence-electron chi connectivity index (χ0n) is 32.1. The molecule has 14 nitrogen and oxygen atoms in total. The van der Waals surface area contributed by atoms with Crippen LogP contribution >= 0.6 is 0 Å². The lowest BCUT2D eigenvalue weighted by Crippen LogP contribution is -2.61. The molecule has 53 heavy (non-hydrogen) atoms. The number of ether oxygens (including phenoxy) is 1. The highest BCUT2D eigenvalue weighted by Crippen LogP contribution is 2.32. The number of hydrogen-bond donors (Lipinski definition) is 6. The highest BCUT2D eigenvalue weighted by molar-refractivity contribution is 5.94. The van der Waals surface area contributed by atoms with Gasteiger partial charge in [-0.05, 0) is 57.9 Å². The summed E-state index contributed by atoms with van der Waals surface area (Å²) in [6.45, 7) is 5.56. The molecule has 7 atom stereocenters. The van der Waals surface area contributed by atoms with Gasteiger partial charge in [-0.2, -0.15) is 13.2 Å². The number of halogens is 3. The molecule has 4 amide bonds. The van der Waals surface area contributed by atoms with Crippen LogP contribution < -0.4 is 27.0 Å². The van der Waals surface area contributed by atoms with Gasteiger partial charge in [0, 0.05) is 13.6 Å². The monoisotopic (exact) mass is 764 g/mol. The van der Waals surface area contributed by atoms with Gasteiger partial charge < -0.3 is 46.5 Å². The zero-order valence-corrected chi connectivity index (χ0v) is 32.1. The number of aliphatic hydroxyl groups is 1. The fourth-order valence-corrected chi connectivity index (χ4v) is 6.63. The Morgan fingerprint density at radius 1 is 0.981 bits per heavy atom. The predicted molar refractivity (Wildman–Crippen MR) is 192 cm³/mol. The van der Waals surface area contributed by atoms with Crippen molar-refractivity contribution in [2.45, 2.75) is 147 Å². The number of nitrogens with one attached hydrogen (secondary N) is 4. The second kappa shape index (κ2) is 24.2. The summed E-state index contributed by atoms with van der Waals surface area (Å²) in [5, 5.41) is 20.5.